The Morgan fingerprint density at radius 3 is 2.62 bits per heavy atom. The summed E-state index contributed by atoms with van der Waals surface area (Å²) in [6.07, 6.45) is 2.61. The quantitative estimate of drug-likeness (QED) is 0.874. The predicted molar refractivity (Wildman–Crippen MR) is 73.9 cm³/mol. The molecule has 0 aliphatic heterocycles. The Hall–Kier alpha value is -2.08. The number of nitrogens with zero attached hydrogens (tertiary/aromatic N) is 3. The first-order valence-electron chi connectivity index (χ1n) is 6.10. The molecule has 1 heterocycles. The van der Waals surface area contributed by atoms with Crippen LogP contribution in [-0.2, 0) is 0 Å². The first kappa shape index (κ1) is 15.3. The number of halogens is 3. The minimum atomic E-state index is -0.956. The van der Waals surface area contributed by atoms with Crippen molar-refractivity contribution in [3.8, 4) is 0 Å². The molecular weight excluding hydrogens is 300 g/mol. The molecule has 0 radical (unpaired) electrons. The first-order valence-corrected chi connectivity index (χ1v) is 6.47. The average Bonchev–Trinajstić information content (AvgIpc) is 2.47. The van der Waals surface area contributed by atoms with E-state index in [2.05, 4.69) is 9.97 Å². The molecule has 21 heavy (non-hydrogen) atoms. The van der Waals surface area contributed by atoms with Crippen LogP contribution in [-0.4, -0.2) is 27.8 Å². The minimum Gasteiger partial charge on any atom is -0.334 e. The van der Waals surface area contributed by atoms with E-state index in [0.29, 0.717) is 5.56 Å². The van der Waals surface area contributed by atoms with Gasteiger partial charge in [0.15, 0.2) is 11.6 Å². The standard InChI is InChI=1S/C14H12ClF2N3O/c1-8(9-3-4-10(16)11(17)5-9)20(2)14(21)12-6-18-7-13(15)19-12/h3-8H,1-2H3. The molecule has 0 saturated carbocycles. The number of carbonyl (C=O) groups is 1. The average molecular weight is 312 g/mol. The molecule has 1 amide bonds. The minimum absolute atomic E-state index is 0.0828. The van der Waals surface area contributed by atoms with Crippen molar-refractivity contribution in [2.24, 2.45) is 0 Å². The molecule has 0 aliphatic carbocycles. The van der Waals surface area contributed by atoms with Gasteiger partial charge in [-0.3, -0.25) is 9.78 Å². The number of carbonyl (C=O) groups excluding carboxylic acids is 1. The lowest BCUT2D eigenvalue weighted by Crippen LogP contribution is -2.30. The molecule has 0 bridgehead atoms. The molecule has 110 valence electrons. The van der Waals surface area contributed by atoms with Crippen molar-refractivity contribution in [3.05, 3.63) is 58.6 Å². The third kappa shape index (κ3) is 3.33. The maximum atomic E-state index is 13.3. The van der Waals surface area contributed by atoms with E-state index in [9.17, 15) is 13.6 Å². The van der Waals surface area contributed by atoms with Crippen LogP contribution in [0.5, 0.6) is 0 Å². The zero-order chi connectivity index (χ0) is 15.6. The highest BCUT2D eigenvalue weighted by Crippen LogP contribution is 2.22. The number of benzene rings is 1. The summed E-state index contributed by atoms with van der Waals surface area (Å²) in [6, 6.07) is 3.05. The van der Waals surface area contributed by atoms with Crippen molar-refractivity contribution in [3.63, 3.8) is 0 Å². The summed E-state index contributed by atoms with van der Waals surface area (Å²) in [7, 11) is 1.54. The van der Waals surface area contributed by atoms with Crippen LogP contribution in [0.15, 0.2) is 30.6 Å². The Balaban J connectivity index is 2.24. The molecule has 0 saturated heterocycles. The van der Waals surface area contributed by atoms with Gasteiger partial charge in [-0.05, 0) is 24.6 Å². The van der Waals surface area contributed by atoms with Gasteiger partial charge in [-0.15, -0.1) is 0 Å². The van der Waals surface area contributed by atoms with Gasteiger partial charge in [-0.1, -0.05) is 17.7 Å². The van der Waals surface area contributed by atoms with Crippen LogP contribution in [0.4, 0.5) is 8.78 Å². The highest BCUT2D eigenvalue weighted by Gasteiger charge is 2.21. The van der Waals surface area contributed by atoms with Gasteiger partial charge in [0.1, 0.15) is 10.8 Å². The van der Waals surface area contributed by atoms with Crippen molar-refractivity contribution in [1.29, 1.82) is 0 Å². The maximum Gasteiger partial charge on any atom is 0.274 e. The van der Waals surface area contributed by atoms with E-state index in [1.807, 2.05) is 0 Å². The zero-order valence-corrected chi connectivity index (χ0v) is 12.1. The van der Waals surface area contributed by atoms with Crippen molar-refractivity contribution in [1.82, 2.24) is 14.9 Å². The van der Waals surface area contributed by atoms with E-state index in [-0.39, 0.29) is 10.8 Å². The lowest BCUT2D eigenvalue weighted by molar-refractivity contribution is 0.0736. The van der Waals surface area contributed by atoms with Crippen LogP contribution in [0.1, 0.15) is 29.0 Å². The summed E-state index contributed by atoms with van der Waals surface area (Å²) in [5, 5.41) is 0.106. The number of amides is 1. The molecule has 4 nitrogen and oxygen atoms in total. The Morgan fingerprint density at radius 2 is 2.00 bits per heavy atom. The van der Waals surface area contributed by atoms with Crippen molar-refractivity contribution in [2.45, 2.75) is 13.0 Å². The molecular formula is C14H12ClF2N3O. The smallest absolute Gasteiger partial charge is 0.274 e. The van der Waals surface area contributed by atoms with Crippen LogP contribution >= 0.6 is 11.6 Å². The van der Waals surface area contributed by atoms with Gasteiger partial charge in [0.2, 0.25) is 0 Å². The fourth-order valence-electron chi connectivity index (χ4n) is 1.80. The van der Waals surface area contributed by atoms with Crippen molar-refractivity contribution in [2.75, 3.05) is 7.05 Å². The van der Waals surface area contributed by atoms with Gasteiger partial charge in [0, 0.05) is 7.05 Å². The van der Waals surface area contributed by atoms with Gasteiger partial charge in [0.05, 0.1) is 18.4 Å². The monoisotopic (exact) mass is 311 g/mol. The number of aromatic nitrogens is 2. The Kier molecular flexibility index (Phi) is 4.47. The largest absolute Gasteiger partial charge is 0.334 e. The summed E-state index contributed by atoms with van der Waals surface area (Å²) in [5.74, 6) is -2.30. The lowest BCUT2D eigenvalue weighted by atomic mass is 10.1. The summed E-state index contributed by atoms with van der Waals surface area (Å²) >= 11 is 5.69. The van der Waals surface area contributed by atoms with Gasteiger partial charge in [-0.2, -0.15) is 0 Å². The SMILES string of the molecule is CC(c1ccc(F)c(F)c1)N(C)C(=O)c1cncc(Cl)n1. The fourth-order valence-corrected chi connectivity index (χ4v) is 1.95. The number of hydrogen-bond acceptors (Lipinski definition) is 3. The first-order chi connectivity index (χ1) is 9.90. The molecule has 7 heteroatoms. The number of hydrogen-bond donors (Lipinski definition) is 0. The Morgan fingerprint density at radius 1 is 1.29 bits per heavy atom. The highest BCUT2D eigenvalue weighted by molar-refractivity contribution is 6.29. The molecule has 1 aromatic carbocycles. The molecule has 1 atom stereocenters. The number of rotatable bonds is 3. The Labute approximate surface area is 125 Å². The molecule has 0 fully saturated rings. The van der Waals surface area contributed by atoms with Crippen LogP contribution in [0.2, 0.25) is 5.15 Å². The molecule has 1 unspecified atom stereocenters. The normalized spacial score (nSPS) is 12.0. The van der Waals surface area contributed by atoms with Crippen molar-refractivity contribution >= 4 is 17.5 Å². The molecule has 2 rings (SSSR count). The zero-order valence-electron chi connectivity index (χ0n) is 11.3. The fraction of sp³-hybridized carbons (Fsp3) is 0.214. The highest BCUT2D eigenvalue weighted by atomic mass is 35.5. The van der Waals surface area contributed by atoms with Crippen LogP contribution < -0.4 is 0 Å². The maximum absolute atomic E-state index is 13.3. The predicted octanol–water partition coefficient (Wildman–Crippen LogP) is 3.24. The van der Waals surface area contributed by atoms with E-state index in [1.54, 1.807) is 6.92 Å². The summed E-state index contributed by atoms with van der Waals surface area (Å²) in [5.41, 5.74) is 0.555. The van der Waals surface area contributed by atoms with Crippen LogP contribution in [0.25, 0.3) is 0 Å². The van der Waals surface area contributed by atoms with Gasteiger partial charge in [0.25, 0.3) is 5.91 Å². The van der Waals surface area contributed by atoms with E-state index in [0.717, 1.165) is 12.1 Å². The second-order valence-corrected chi connectivity index (χ2v) is 4.88. The van der Waals surface area contributed by atoms with Gasteiger partial charge in [-0.25, -0.2) is 13.8 Å². The molecule has 0 N–H and O–H groups in total. The van der Waals surface area contributed by atoms with E-state index in [1.165, 1.54) is 30.4 Å². The summed E-state index contributed by atoms with van der Waals surface area (Å²) < 4.78 is 26.2. The third-order valence-corrected chi connectivity index (χ3v) is 3.33. The lowest BCUT2D eigenvalue weighted by Gasteiger charge is -2.25. The topological polar surface area (TPSA) is 46.1 Å². The van der Waals surface area contributed by atoms with Crippen LogP contribution in [0.3, 0.4) is 0 Å². The van der Waals surface area contributed by atoms with E-state index >= 15 is 0 Å². The Bertz CT molecular complexity index is 681. The van der Waals surface area contributed by atoms with Gasteiger partial charge >= 0.3 is 0 Å². The second-order valence-electron chi connectivity index (χ2n) is 4.49. The second kappa shape index (κ2) is 6.13. The molecule has 0 spiro atoms. The summed E-state index contributed by atoms with van der Waals surface area (Å²) in [4.78, 5) is 21.3. The van der Waals surface area contributed by atoms with E-state index in [4.69, 9.17) is 11.6 Å². The van der Waals surface area contributed by atoms with Crippen LogP contribution in [0, 0.1) is 11.6 Å². The van der Waals surface area contributed by atoms with Crippen molar-refractivity contribution < 1.29 is 13.6 Å². The van der Waals surface area contributed by atoms with Gasteiger partial charge < -0.3 is 4.90 Å². The molecule has 2 aromatic rings. The molecule has 0 aliphatic rings. The molecule has 1 aromatic heterocycles. The van der Waals surface area contributed by atoms with E-state index < -0.39 is 23.6 Å². The third-order valence-electron chi connectivity index (χ3n) is 3.15. The summed E-state index contributed by atoms with van der Waals surface area (Å²) in [6.45, 7) is 1.70.